The molecule has 0 spiro atoms. The van der Waals surface area contributed by atoms with E-state index in [-0.39, 0.29) is 10.8 Å². The van der Waals surface area contributed by atoms with E-state index in [9.17, 15) is 0 Å². The first-order valence-corrected chi connectivity index (χ1v) is 8.78. The average Bonchev–Trinajstić information content (AvgIpc) is 2.53. The summed E-state index contributed by atoms with van der Waals surface area (Å²) in [6.07, 6.45) is 3.70. The van der Waals surface area contributed by atoms with E-state index in [1.807, 2.05) is 24.3 Å². The molecule has 1 nitrogen and oxygen atoms in total. The third-order valence-electron chi connectivity index (χ3n) is 4.41. The van der Waals surface area contributed by atoms with Crippen LogP contribution >= 0.6 is 0 Å². The van der Waals surface area contributed by atoms with E-state index in [4.69, 9.17) is 4.74 Å². The van der Waals surface area contributed by atoms with Gasteiger partial charge in [0.15, 0.2) is 0 Å². The molecule has 0 radical (unpaired) electrons. The van der Waals surface area contributed by atoms with Crippen LogP contribution in [0.2, 0.25) is 0 Å². The summed E-state index contributed by atoms with van der Waals surface area (Å²) in [4.78, 5) is 0. The number of hydrogen-bond donors (Lipinski definition) is 0. The van der Waals surface area contributed by atoms with Crippen molar-refractivity contribution in [2.75, 3.05) is 0 Å². The monoisotopic (exact) mass is 334 g/mol. The van der Waals surface area contributed by atoms with Gasteiger partial charge >= 0.3 is 0 Å². The van der Waals surface area contributed by atoms with E-state index in [2.05, 4.69) is 79.0 Å². The van der Waals surface area contributed by atoms with Crippen LogP contribution in [0.3, 0.4) is 0 Å². The molecule has 2 aromatic rings. The molecule has 0 saturated heterocycles. The standard InChI is InChI=1S/C24H30O/c1-9-17-15-19(23(3,4)5)11-13-21(17)25-22-14-12-20(24(6,7)8)16-18(22)10-2/h9-16H,1-2H2,3-8H3. The van der Waals surface area contributed by atoms with Crippen molar-refractivity contribution in [3.8, 4) is 11.5 Å². The minimum absolute atomic E-state index is 0.0942. The van der Waals surface area contributed by atoms with Gasteiger partial charge in [0.05, 0.1) is 0 Å². The lowest BCUT2D eigenvalue weighted by molar-refractivity contribution is 0.478. The van der Waals surface area contributed by atoms with E-state index >= 15 is 0 Å². The molecule has 0 N–H and O–H groups in total. The molecule has 0 fully saturated rings. The zero-order valence-corrected chi connectivity index (χ0v) is 16.4. The van der Waals surface area contributed by atoms with Gasteiger partial charge in [0.1, 0.15) is 11.5 Å². The van der Waals surface area contributed by atoms with E-state index in [0.29, 0.717) is 0 Å². The SMILES string of the molecule is C=Cc1cc(C(C)(C)C)ccc1Oc1ccc(C(C)(C)C)cc1C=C. The van der Waals surface area contributed by atoms with Gasteiger partial charge in [-0.3, -0.25) is 0 Å². The Labute approximate surface area is 153 Å². The second-order valence-electron chi connectivity index (χ2n) is 8.52. The second kappa shape index (κ2) is 6.92. The van der Waals surface area contributed by atoms with Crippen molar-refractivity contribution in [1.29, 1.82) is 0 Å². The van der Waals surface area contributed by atoms with Crippen LogP contribution in [0.1, 0.15) is 63.8 Å². The number of ether oxygens (including phenoxy) is 1. The molecule has 132 valence electrons. The molecule has 1 heteroatoms. The molecule has 0 unspecified atom stereocenters. The van der Waals surface area contributed by atoms with Crippen LogP contribution in [-0.4, -0.2) is 0 Å². The third-order valence-corrected chi connectivity index (χ3v) is 4.41. The van der Waals surface area contributed by atoms with Crippen molar-refractivity contribution in [3.63, 3.8) is 0 Å². The first-order chi connectivity index (χ1) is 11.6. The van der Waals surface area contributed by atoms with Gasteiger partial charge < -0.3 is 4.74 Å². The van der Waals surface area contributed by atoms with Crippen LogP contribution < -0.4 is 4.74 Å². The summed E-state index contributed by atoms with van der Waals surface area (Å²) in [5.41, 5.74) is 4.72. The van der Waals surface area contributed by atoms with Gasteiger partial charge in [0.2, 0.25) is 0 Å². The van der Waals surface area contributed by atoms with Crippen molar-refractivity contribution in [1.82, 2.24) is 0 Å². The van der Waals surface area contributed by atoms with Crippen LogP contribution in [0.25, 0.3) is 12.2 Å². The smallest absolute Gasteiger partial charge is 0.134 e. The summed E-state index contributed by atoms with van der Waals surface area (Å²) in [7, 11) is 0. The molecular weight excluding hydrogens is 304 g/mol. The fourth-order valence-electron chi connectivity index (χ4n) is 2.65. The van der Waals surface area contributed by atoms with E-state index < -0.39 is 0 Å². The van der Waals surface area contributed by atoms with Gasteiger partial charge in [-0.05, 0) is 46.2 Å². The largest absolute Gasteiger partial charge is 0.456 e. The van der Waals surface area contributed by atoms with Gasteiger partial charge in [0.25, 0.3) is 0 Å². The van der Waals surface area contributed by atoms with Crippen LogP contribution in [0.15, 0.2) is 49.6 Å². The lowest BCUT2D eigenvalue weighted by Crippen LogP contribution is -2.11. The Morgan fingerprint density at radius 1 is 0.680 bits per heavy atom. The molecule has 25 heavy (non-hydrogen) atoms. The molecule has 0 aromatic heterocycles. The average molecular weight is 335 g/mol. The van der Waals surface area contributed by atoms with Crippen molar-refractivity contribution in [2.45, 2.75) is 52.4 Å². The number of hydrogen-bond acceptors (Lipinski definition) is 1. The lowest BCUT2D eigenvalue weighted by atomic mass is 9.86. The zero-order valence-electron chi connectivity index (χ0n) is 16.4. The van der Waals surface area contributed by atoms with E-state index in [1.165, 1.54) is 11.1 Å². The lowest BCUT2D eigenvalue weighted by Gasteiger charge is -2.22. The maximum Gasteiger partial charge on any atom is 0.134 e. The van der Waals surface area contributed by atoms with E-state index in [0.717, 1.165) is 22.6 Å². The number of rotatable bonds is 4. The minimum Gasteiger partial charge on any atom is -0.456 e. The molecule has 0 aliphatic carbocycles. The Balaban J connectivity index is 2.43. The molecule has 2 aromatic carbocycles. The minimum atomic E-state index is 0.0942. The molecule has 0 saturated carbocycles. The third kappa shape index (κ3) is 4.42. The van der Waals surface area contributed by atoms with Gasteiger partial charge in [0, 0.05) is 11.1 Å². The fourth-order valence-corrected chi connectivity index (χ4v) is 2.65. The molecule has 0 amide bonds. The van der Waals surface area contributed by atoms with Crippen molar-refractivity contribution in [2.24, 2.45) is 0 Å². The highest BCUT2D eigenvalue weighted by molar-refractivity contribution is 5.62. The highest BCUT2D eigenvalue weighted by Gasteiger charge is 2.17. The molecule has 0 aliphatic rings. The summed E-state index contributed by atoms with van der Waals surface area (Å²) in [6, 6.07) is 12.6. The van der Waals surface area contributed by atoms with Crippen LogP contribution in [0.4, 0.5) is 0 Å². The zero-order chi connectivity index (χ0) is 18.8. The normalized spacial score (nSPS) is 11.9. The summed E-state index contributed by atoms with van der Waals surface area (Å²) in [5, 5.41) is 0. The van der Waals surface area contributed by atoms with Gasteiger partial charge in [-0.15, -0.1) is 0 Å². The Morgan fingerprint density at radius 3 is 1.32 bits per heavy atom. The molecular formula is C24H30O. The fraction of sp³-hybridized carbons (Fsp3) is 0.333. The van der Waals surface area contributed by atoms with Gasteiger partial charge in [-0.25, -0.2) is 0 Å². The van der Waals surface area contributed by atoms with Gasteiger partial charge in [-0.2, -0.15) is 0 Å². The van der Waals surface area contributed by atoms with Crippen LogP contribution in [-0.2, 0) is 10.8 Å². The first-order valence-electron chi connectivity index (χ1n) is 8.78. The summed E-state index contributed by atoms with van der Waals surface area (Å²) < 4.78 is 6.22. The Morgan fingerprint density at radius 2 is 1.04 bits per heavy atom. The van der Waals surface area contributed by atoms with Crippen LogP contribution in [0, 0.1) is 0 Å². The molecule has 0 atom stereocenters. The second-order valence-corrected chi connectivity index (χ2v) is 8.52. The highest BCUT2D eigenvalue weighted by Crippen LogP contribution is 2.35. The highest BCUT2D eigenvalue weighted by atomic mass is 16.5. The first kappa shape index (κ1) is 19.1. The molecule has 0 bridgehead atoms. The Kier molecular flexibility index (Phi) is 5.27. The van der Waals surface area contributed by atoms with Gasteiger partial charge in [-0.1, -0.05) is 79.0 Å². The molecule has 0 aliphatic heterocycles. The topological polar surface area (TPSA) is 9.23 Å². The molecule has 0 heterocycles. The summed E-state index contributed by atoms with van der Waals surface area (Å²) >= 11 is 0. The molecule has 2 rings (SSSR count). The Hall–Kier alpha value is -2.28. The maximum absolute atomic E-state index is 6.22. The predicted molar refractivity (Wildman–Crippen MR) is 111 cm³/mol. The predicted octanol–water partition coefficient (Wildman–Crippen LogP) is 7.36. The van der Waals surface area contributed by atoms with Crippen molar-refractivity contribution in [3.05, 3.63) is 71.8 Å². The Bertz CT molecular complexity index is 715. The van der Waals surface area contributed by atoms with Crippen LogP contribution in [0.5, 0.6) is 11.5 Å². The van der Waals surface area contributed by atoms with E-state index in [1.54, 1.807) is 0 Å². The number of benzene rings is 2. The summed E-state index contributed by atoms with van der Waals surface area (Å²) in [6.45, 7) is 21.1. The van der Waals surface area contributed by atoms with Crippen molar-refractivity contribution < 1.29 is 4.74 Å². The summed E-state index contributed by atoms with van der Waals surface area (Å²) in [5.74, 6) is 1.63. The quantitative estimate of drug-likeness (QED) is 0.567. The van der Waals surface area contributed by atoms with Crippen molar-refractivity contribution >= 4 is 12.2 Å². The maximum atomic E-state index is 6.22.